The number of carboxylic acids is 1. The molecule has 16 heavy (non-hydrogen) atoms. The Balaban J connectivity index is 2.62. The first-order valence-electron chi connectivity index (χ1n) is 4.22. The summed E-state index contributed by atoms with van der Waals surface area (Å²) >= 11 is 13.1. The van der Waals surface area contributed by atoms with Crippen molar-refractivity contribution in [3.63, 3.8) is 0 Å². The van der Waals surface area contributed by atoms with Crippen LogP contribution in [0.2, 0.25) is 10.0 Å². The predicted molar refractivity (Wildman–Crippen MR) is 64.5 cm³/mol. The molecule has 0 aliphatic rings. The molecule has 1 aromatic heterocycles. The minimum Gasteiger partial charge on any atom is -0.476 e. The number of benzene rings is 1. The molecule has 0 aliphatic heterocycles. The van der Waals surface area contributed by atoms with Gasteiger partial charge in [-0.05, 0) is 18.2 Å². The normalized spacial score (nSPS) is 10.4. The van der Waals surface area contributed by atoms with Crippen LogP contribution in [0.4, 0.5) is 0 Å². The lowest BCUT2D eigenvalue weighted by atomic mass is 10.1. The molecule has 82 valence electrons. The molecule has 2 aromatic rings. The molecule has 1 aromatic carbocycles. The van der Waals surface area contributed by atoms with Gasteiger partial charge in [0.15, 0.2) is 5.69 Å². The molecule has 0 unspecified atom stereocenters. The molecule has 0 fully saturated rings. The Morgan fingerprint density at radius 3 is 2.81 bits per heavy atom. The van der Waals surface area contributed by atoms with Crippen molar-refractivity contribution < 1.29 is 9.90 Å². The molecule has 0 bridgehead atoms. The van der Waals surface area contributed by atoms with Crippen LogP contribution in [0.3, 0.4) is 0 Å². The highest BCUT2D eigenvalue weighted by molar-refractivity contribution is 7.13. The zero-order chi connectivity index (χ0) is 11.7. The van der Waals surface area contributed by atoms with Crippen LogP contribution in [-0.4, -0.2) is 16.1 Å². The smallest absolute Gasteiger partial charge is 0.356 e. The molecule has 0 atom stereocenters. The van der Waals surface area contributed by atoms with Crippen LogP contribution in [0.5, 0.6) is 0 Å². The summed E-state index contributed by atoms with van der Waals surface area (Å²) in [5.41, 5.74) is 2.05. The first kappa shape index (κ1) is 11.4. The van der Waals surface area contributed by atoms with Crippen molar-refractivity contribution >= 4 is 40.5 Å². The third-order valence-electron chi connectivity index (χ3n) is 1.94. The standard InChI is InChI=1S/C10H5Cl2NO2S/c11-5-1-2-7(12)6(3-5)9-8(10(14)15)13-4-16-9/h1-4H,(H,14,15). The van der Waals surface area contributed by atoms with Gasteiger partial charge in [-0.25, -0.2) is 9.78 Å². The number of carbonyl (C=O) groups is 1. The number of rotatable bonds is 2. The van der Waals surface area contributed by atoms with E-state index in [-0.39, 0.29) is 5.69 Å². The van der Waals surface area contributed by atoms with Gasteiger partial charge in [-0.2, -0.15) is 0 Å². The summed E-state index contributed by atoms with van der Waals surface area (Å²) in [5, 5.41) is 9.90. The first-order valence-corrected chi connectivity index (χ1v) is 5.85. The molecule has 3 nitrogen and oxygen atoms in total. The molecule has 0 saturated heterocycles. The molecule has 0 radical (unpaired) electrons. The van der Waals surface area contributed by atoms with Crippen LogP contribution in [0.15, 0.2) is 23.7 Å². The Morgan fingerprint density at radius 1 is 1.38 bits per heavy atom. The van der Waals surface area contributed by atoms with Crippen LogP contribution in [0.1, 0.15) is 10.5 Å². The van der Waals surface area contributed by atoms with Crippen LogP contribution in [0, 0.1) is 0 Å². The summed E-state index contributed by atoms with van der Waals surface area (Å²) in [5.74, 6) is -1.08. The number of nitrogens with zero attached hydrogens (tertiary/aromatic N) is 1. The Morgan fingerprint density at radius 2 is 2.12 bits per heavy atom. The lowest BCUT2D eigenvalue weighted by molar-refractivity contribution is 0.0692. The van der Waals surface area contributed by atoms with Gasteiger partial charge in [-0.3, -0.25) is 0 Å². The fourth-order valence-electron chi connectivity index (χ4n) is 1.26. The molecule has 0 aliphatic carbocycles. The first-order chi connectivity index (χ1) is 7.59. The number of carboxylic acid groups (broad SMARTS) is 1. The number of aromatic nitrogens is 1. The number of halogens is 2. The monoisotopic (exact) mass is 273 g/mol. The Hall–Kier alpha value is -1.10. The van der Waals surface area contributed by atoms with Crippen molar-refractivity contribution in [1.29, 1.82) is 0 Å². The highest BCUT2D eigenvalue weighted by atomic mass is 35.5. The number of hydrogen-bond donors (Lipinski definition) is 1. The summed E-state index contributed by atoms with van der Waals surface area (Å²) in [6.45, 7) is 0. The summed E-state index contributed by atoms with van der Waals surface area (Å²) < 4.78 is 0. The van der Waals surface area contributed by atoms with Gasteiger partial charge in [-0.1, -0.05) is 23.2 Å². The molecule has 1 N–H and O–H groups in total. The maximum absolute atomic E-state index is 10.9. The van der Waals surface area contributed by atoms with Crippen molar-refractivity contribution in [1.82, 2.24) is 4.98 Å². The van der Waals surface area contributed by atoms with E-state index in [1.165, 1.54) is 16.8 Å². The van der Waals surface area contributed by atoms with Gasteiger partial charge < -0.3 is 5.11 Å². The van der Waals surface area contributed by atoms with Gasteiger partial charge in [-0.15, -0.1) is 11.3 Å². The second kappa shape index (κ2) is 4.41. The third-order valence-corrected chi connectivity index (χ3v) is 3.37. The van der Waals surface area contributed by atoms with Gasteiger partial charge in [0, 0.05) is 15.6 Å². The van der Waals surface area contributed by atoms with E-state index < -0.39 is 5.97 Å². The van der Waals surface area contributed by atoms with Crippen LogP contribution in [-0.2, 0) is 0 Å². The van der Waals surface area contributed by atoms with Crippen molar-refractivity contribution in [2.24, 2.45) is 0 Å². The third kappa shape index (κ3) is 2.04. The minimum atomic E-state index is -1.08. The van der Waals surface area contributed by atoms with E-state index in [1.54, 1.807) is 18.2 Å². The lowest BCUT2D eigenvalue weighted by Crippen LogP contribution is -1.98. The largest absolute Gasteiger partial charge is 0.476 e. The van der Waals surface area contributed by atoms with E-state index in [9.17, 15) is 4.79 Å². The summed E-state index contributed by atoms with van der Waals surface area (Å²) in [4.78, 5) is 15.2. The van der Waals surface area contributed by atoms with Crippen molar-refractivity contribution in [2.75, 3.05) is 0 Å². The van der Waals surface area contributed by atoms with E-state index >= 15 is 0 Å². The highest BCUT2D eigenvalue weighted by Gasteiger charge is 2.17. The molecule has 0 amide bonds. The second-order valence-corrected chi connectivity index (χ2v) is 4.66. The highest BCUT2D eigenvalue weighted by Crippen LogP contribution is 2.35. The minimum absolute atomic E-state index is 0.00540. The van der Waals surface area contributed by atoms with Gasteiger partial charge in [0.25, 0.3) is 0 Å². The van der Waals surface area contributed by atoms with Gasteiger partial charge >= 0.3 is 5.97 Å². The van der Waals surface area contributed by atoms with E-state index in [2.05, 4.69) is 4.98 Å². The quantitative estimate of drug-likeness (QED) is 0.905. The summed E-state index contributed by atoms with van der Waals surface area (Å²) in [6, 6.07) is 4.91. The van der Waals surface area contributed by atoms with Gasteiger partial charge in [0.05, 0.1) is 10.4 Å². The fraction of sp³-hybridized carbons (Fsp3) is 0. The average Bonchev–Trinajstić information content (AvgIpc) is 2.70. The van der Waals surface area contributed by atoms with Crippen LogP contribution < -0.4 is 0 Å². The van der Waals surface area contributed by atoms with E-state index in [0.29, 0.717) is 20.5 Å². The van der Waals surface area contributed by atoms with E-state index in [1.807, 2.05) is 0 Å². The number of thiazole rings is 1. The Bertz CT molecular complexity index is 554. The maximum Gasteiger partial charge on any atom is 0.356 e. The predicted octanol–water partition coefficient (Wildman–Crippen LogP) is 3.82. The topological polar surface area (TPSA) is 50.2 Å². The zero-order valence-electron chi connectivity index (χ0n) is 7.78. The maximum atomic E-state index is 10.9. The number of hydrogen-bond acceptors (Lipinski definition) is 3. The van der Waals surface area contributed by atoms with Gasteiger partial charge in [0.1, 0.15) is 0 Å². The Labute approximate surface area is 105 Å². The summed E-state index contributed by atoms with van der Waals surface area (Å²) in [6.07, 6.45) is 0. The second-order valence-electron chi connectivity index (χ2n) is 2.96. The van der Waals surface area contributed by atoms with E-state index in [0.717, 1.165) is 0 Å². The lowest BCUT2D eigenvalue weighted by Gasteiger charge is -2.02. The zero-order valence-corrected chi connectivity index (χ0v) is 10.1. The van der Waals surface area contributed by atoms with Crippen molar-refractivity contribution in [3.05, 3.63) is 39.4 Å². The Kier molecular flexibility index (Phi) is 3.14. The SMILES string of the molecule is O=C(O)c1ncsc1-c1cc(Cl)ccc1Cl. The van der Waals surface area contributed by atoms with Crippen molar-refractivity contribution in [2.45, 2.75) is 0 Å². The molecular weight excluding hydrogens is 269 g/mol. The van der Waals surface area contributed by atoms with Gasteiger partial charge in [0.2, 0.25) is 0 Å². The molecule has 0 spiro atoms. The molecule has 1 heterocycles. The molecule has 2 rings (SSSR count). The van der Waals surface area contributed by atoms with Crippen LogP contribution >= 0.6 is 34.5 Å². The molecule has 0 saturated carbocycles. The number of aromatic carboxylic acids is 1. The fourth-order valence-corrected chi connectivity index (χ4v) is 2.51. The molecular formula is C10H5Cl2NO2S. The average molecular weight is 274 g/mol. The van der Waals surface area contributed by atoms with Crippen molar-refractivity contribution in [3.8, 4) is 10.4 Å². The van der Waals surface area contributed by atoms with Crippen LogP contribution in [0.25, 0.3) is 10.4 Å². The molecule has 6 heteroatoms. The van der Waals surface area contributed by atoms with E-state index in [4.69, 9.17) is 28.3 Å². The summed E-state index contributed by atoms with van der Waals surface area (Å²) in [7, 11) is 0.